The molecule has 0 amide bonds. The molecule has 1 unspecified atom stereocenters. The highest BCUT2D eigenvalue weighted by molar-refractivity contribution is 5.54. The highest BCUT2D eigenvalue weighted by Gasteiger charge is 1.97. The van der Waals surface area contributed by atoms with Crippen LogP contribution in [0.2, 0.25) is 0 Å². The zero-order valence-corrected chi connectivity index (χ0v) is 9.12. The van der Waals surface area contributed by atoms with Gasteiger partial charge < -0.3 is 10.2 Å². The van der Waals surface area contributed by atoms with Crippen molar-refractivity contribution >= 4 is 11.4 Å². The predicted octanol–water partition coefficient (Wildman–Crippen LogP) is 2.74. The molecule has 76 valence electrons. The number of nitrogens with zero attached hydrogens (tertiary/aromatic N) is 1. The van der Waals surface area contributed by atoms with Crippen molar-refractivity contribution < 1.29 is 0 Å². The maximum Gasteiger partial charge on any atom is 0.0413 e. The summed E-state index contributed by atoms with van der Waals surface area (Å²) in [4.78, 5) is 2.08. The molecule has 0 radical (unpaired) electrons. The molecule has 1 aromatic carbocycles. The minimum absolute atomic E-state index is 0.306. The molecule has 0 spiro atoms. The molecule has 0 aliphatic carbocycles. The van der Waals surface area contributed by atoms with Crippen molar-refractivity contribution in [3.8, 4) is 0 Å². The number of benzene rings is 1. The minimum Gasteiger partial charge on any atom is -0.379 e. The largest absolute Gasteiger partial charge is 0.379 e. The summed E-state index contributed by atoms with van der Waals surface area (Å²) in [5, 5.41) is 3.32. The molecule has 14 heavy (non-hydrogen) atoms. The van der Waals surface area contributed by atoms with Crippen LogP contribution in [-0.4, -0.2) is 20.1 Å². The summed E-state index contributed by atoms with van der Waals surface area (Å²) < 4.78 is 0. The van der Waals surface area contributed by atoms with E-state index in [2.05, 4.69) is 48.0 Å². The van der Waals surface area contributed by atoms with E-state index in [4.69, 9.17) is 0 Å². The van der Waals surface area contributed by atoms with E-state index in [-0.39, 0.29) is 0 Å². The van der Waals surface area contributed by atoms with Gasteiger partial charge in [0.2, 0.25) is 0 Å². The number of nitrogens with one attached hydrogen (secondary N) is 1. The Hall–Kier alpha value is -1.44. The molecule has 0 aliphatic heterocycles. The van der Waals surface area contributed by atoms with Crippen molar-refractivity contribution in [3.63, 3.8) is 0 Å². The second-order valence-corrected chi connectivity index (χ2v) is 3.61. The van der Waals surface area contributed by atoms with Crippen LogP contribution in [0.15, 0.2) is 36.9 Å². The lowest BCUT2D eigenvalue weighted by Gasteiger charge is -2.14. The summed E-state index contributed by atoms with van der Waals surface area (Å²) in [5.74, 6) is 0. The van der Waals surface area contributed by atoms with E-state index >= 15 is 0 Å². The highest BCUT2D eigenvalue weighted by Crippen LogP contribution is 2.16. The lowest BCUT2D eigenvalue weighted by atomic mass is 10.2. The minimum atomic E-state index is 0.306. The molecule has 0 bridgehead atoms. The van der Waals surface area contributed by atoms with Crippen LogP contribution in [0.3, 0.4) is 0 Å². The van der Waals surface area contributed by atoms with Gasteiger partial charge in [-0.2, -0.15) is 0 Å². The van der Waals surface area contributed by atoms with E-state index in [1.54, 1.807) is 0 Å². The first kappa shape index (κ1) is 10.6. The first-order valence-electron chi connectivity index (χ1n) is 4.80. The van der Waals surface area contributed by atoms with Crippen LogP contribution in [-0.2, 0) is 0 Å². The fraction of sp³-hybridized carbons (Fsp3) is 0.333. The van der Waals surface area contributed by atoms with Gasteiger partial charge in [0.05, 0.1) is 0 Å². The Kier molecular flexibility index (Phi) is 3.57. The molecule has 1 atom stereocenters. The SMILES string of the molecule is C=CC(C)Nc1ccc(N(C)C)cc1. The average Bonchev–Trinajstić information content (AvgIpc) is 2.18. The Labute approximate surface area is 86.2 Å². The third-order valence-electron chi connectivity index (χ3n) is 2.13. The Morgan fingerprint density at radius 3 is 2.29 bits per heavy atom. The van der Waals surface area contributed by atoms with Gasteiger partial charge in [-0.05, 0) is 31.2 Å². The third-order valence-corrected chi connectivity index (χ3v) is 2.13. The molecular formula is C12H18N2. The Morgan fingerprint density at radius 1 is 1.29 bits per heavy atom. The summed E-state index contributed by atoms with van der Waals surface area (Å²) in [6.07, 6.45) is 1.89. The maximum atomic E-state index is 3.73. The van der Waals surface area contributed by atoms with Crippen molar-refractivity contribution in [2.75, 3.05) is 24.3 Å². The first-order valence-corrected chi connectivity index (χ1v) is 4.80. The Morgan fingerprint density at radius 2 is 1.86 bits per heavy atom. The summed E-state index contributed by atoms with van der Waals surface area (Å²) in [6, 6.07) is 8.65. The van der Waals surface area contributed by atoms with Crippen molar-refractivity contribution in [1.29, 1.82) is 0 Å². The first-order chi connectivity index (χ1) is 6.63. The van der Waals surface area contributed by atoms with Gasteiger partial charge in [0.15, 0.2) is 0 Å². The van der Waals surface area contributed by atoms with E-state index in [1.165, 1.54) is 5.69 Å². The average molecular weight is 190 g/mol. The fourth-order valence-corrected chi connectivity index (χ4v) is 1.18. The number of hydrogen-bond donors (Lipinski definition) is 1. The van der Waals surface area contributed by atoms with Crippen molar-refractivity contribution in [2.24, 2.45) is 0 Å². The van der Waals surface area contributed by atoms with E-state index in [1.807, 2.05) is 20.2 Å². The van der Waals surface area contributed by atoms with Crippen LogP contribution < -0.4 is 10.2 Å². The van der Waals surface area contributed by atoms with Crippen LogP contribution in [0.25, 0.3) is 0 Å². The van der Waals surface area contributed by atoms with E-state index in [0.717, 1.165) is 5.69 Å². The summed E-state index contributed by atoms with van der Waals surface area (Å²) in [7, 11) is 4.07. The lowest BCUT2D eigenvalue weighted by molar-refractivity contribution is 1.00. The van der Waals surface area contributed by atoms with Gasteiger partial charge in [0.25, 0.3) is 0 Å². The van der Waals surface area contributed by atoms with Crippen LogP contribution in [0, 0.1) is 0 Å². The van der Waals surface area contributed by atoms with Gasteiger partial charge in [-0.15, -0.1) is 6.58 Å². The normalized spacial score (nSPS) is 11.9. The summed E-state index contributed by atoms with van der Waals surface area (Å²) >= 11 is 0. The van der Waals surface area contributed by atoms with Crippen molar-refractivity contribution in [2.45, 2.75) is 13.0 Å². The quantitative estimate of drug-likeness (QED) is 0.734. The van der Waals surface area contributed by atoms with E-state index < -0.39 is 0 Å². The molecule has 0 fully saturated rings. The standard InChI is InChI=1S/C12H18N2/c1-5-10(2)13-11-6-8-12(9-7-11)14(3)4/h5-10,13H,1H2,2-4H3. The third kappa shape index (κ3) is 2.80. The van der Waals surface area contributed by atoms with Gasteiger partial charge in [0, 0.05) is 31.5 Å². The zero-order valence-electron chi connectivity index (χ0n) is 9.12. The second kappa shape index (κ2) is 4.70. The Bertz CT molecular complexity index is 288. The fourth-order valence-electron chi connectivity index (χ4n) is 1.18. The van der Waals surface area contributed by atoms with Crippen molar-refractivity contribution in [3.05, 3.63) is 36.9 Å². The molecule has 2 heteroatoms. The molecule has 0 heterocycles. The molecule has 0 saturated carbocycles. The van der Waals surface area contributed by atoms with Gasteiger partial charge >= 0.3 is 0 Å². The maximum absolute atomic E-state index is 3.73. The molecule has 0 aliphatic rings. The van der Waals surface area contributed by atoms with Crippen molar-refractivity contribution in [1.82, 2.24) is 0 Å². The summed E-state index contributed by atoms with van der Waals surface area (Å²) in [5.41, 5.74) is 2.34. The van der Waals surface area contributed by atoms with Crippen LogP contribution in [0.1, 0.15) is 6.92 Å². The molecular weight excluding hydrogens is 172 g/mol. The predicted molar refractivity (Wildman–Crippen MR) is 64.1 cm³/mol. The van der Waals surface area contributed by atoms with Crippen LogP contribution in [0.5, 0.6) is 0 Å². The molecule has 0 saturated heterocycles. The van der Waals surface area contributed by atoms with Crippen LogP contribution >= 0.6 is 0 Å². The molecule has 0 aromatic heterocycles. The smallest absolute Gasteiger partial charge is 0.0413 e. The van der Waals surface area contributed by atoms with Gasteiger partial charge in [-0.3, -0.25) is 0 Å². The topological polar surface area (TPSA) is 15.3 Å². The van der Waals surface area contributed by atoms with E-state index in [0.29, 0.717) is 6.04 Å². The number of rotatable bonds is 4. The van der Waals surface area contributed by atoms with Crippen LogP contribution in [0.4, 0.5) is 11.4 Å². The molecule has 1 N–H and O–H groups in total. The van der Waals surface area contributed by atoms with Gasteiger partial charge in [-0.25, -0.2) is 0 Å². The number of anilines is 2. The molecule has 1 aromatic rings. The molecule has 2 nitrogen and oxygen atoms in total. The Balaban J connectivity index is 2.68. The monoisotopic (exact) mass is 190 g/mol. The van der Waals surface area contributed by atoms with Gasteiger partial charge in [-0.1, -0.05) is 6.08 Å². The second-order valence-electron chi connectivity index (χ2n) is 3.61. The molecule has 1 rings (SSSR count). The number of hydrogen-bond acceptors (Lipinski definition) is 2. The lowest BCUT2D eigenvalue weighted by Crippen LogP contribution is -2.12. The van der Waals surface area contributed by atoms with E-state index in [9.17, 15) is 0 Å². The van der Waals surface area contributed by atoms with Gasteiger partial charge in [0.1, 0.15) is 0 Å². The summed E-state index contributed by atoms with van der Waals surface area (Å²) in [6.45, 7) is 5.81. The highest BCUT2D eigenvalue weighted by atomic mass is 15.1. The zero-order chi connectivity index (χ0) is 10.6.